The second-order valence-electron chi connectivity index (χ2n) is 8.93. The number of methoxy groups -OCH3 is 1. The fourth-order valence-electron chi connectivity index (χ4n) is 5.27. The molecular weight excluding hydrogens is 379 g/mol. The van der Waals surface area contributed by atoms with E-state index in [4.69, 9.17) is 9.72 Å². The normalized spacial score (nSPS) is 22.9. The fourth-order valence-corrected chi connectivity index (χ4v) is 5.27. The van der Waals surface area contributed by atoms with Crippen LogP contribution in [-0.4, -0.2) is 53.1 Å². The number of nitrogens with zero attached hydrogens (tertiary/aromatic N) is 3. The summed E-state index contributed by atoms with van der Waals surface area (Å²) >= 11 is 0. The summed E-state index contributed by atoms with van der Waals surface area (Å²) in [5, 5.41) is 0. The molecule has 2 fully saturated rings. The third kappa shape index (κ3) is 3.94. The highest BCUT2D eigenvalue weighted by Crippen LogP contribution is 2.40. The molecule has 2 saturated heterocycles. The first-order valence-corrected chi connectivity index (χ1v) is 10.8. The van der Waals surface area contributed by atoms with Crippen LogP contribution in [0.3, 0.4) is 0 Å². The van der Waals surface area contributed by atoms with Gasteiger partial charge in [-0.15, -0.1) is 0 Å². The van der Waals surface area contributed by atoms with Crippen LogP contribution in [0.1, 0.15) is 30.7 Å². The topological polar surface area (TPSA) is 44.4 Å². The number of imidazole rings is 1. The summed E-state index contributed by atoms with van der Waals surface area (Å²) in [6.07, 6.45) is 3.62. The zero-order valence-corrected chi connectivity index (χ0v) is 17.5. The number of halogens is 1. The van der Waals surface area contributed by atoms with Crippen molar-refractivity contribution in [1.82, 2.24) is 19.8 Å². The van der Waals surface area contributed by atoms with Gasteiger partial charge in [-0.3, -0.25) is 9.80 Å². The third-order valence-electron chi connectivity index (χ3n) is 6.72. The second kappa shape index (κ2) is 8.00. The number of hydrogen-bond acceptors (Lipinski definition) is 4. The van der Waals surface area contributed by atoms with E-state index in [9.17, 15) is 4.39 Å². The molecule has 1 aromatic heterocycles. The predicted molar refractivity (Wildman–Crippen MR) is 116 cm³/mol. The molecule has 0 saturated carbocycles. The molecule has 6 heteroatoms. The molecule has 5 rings (SSSR count). The van der Waals surface area contributed by atoms with Gasteiger partial charge < -0.3 is 9.72 Å². The van der Waals surface area contributed by atoms with Gasteiger partial charge in [0.2, 0.25) is 0 Å². The van der Waals surface area contributed by atoms with Crippen LogP contribution in [-0.2, 0) is 13.1 Å². The van der Waals surface area contributed by atoms with Crippen molar-refractivity contribution < 1.29 is 9.13 Å². The number of ether oxygens (including phenoxy) is 1. The minimum Gasteiger partial charge on any atom is -0.497 e. The van der Waals surface area contributed by atoms with E-state index >= 15 is 0 Å². The number of piperidine rings is 1. The molecule has 1 spiro atoms. The van der Waals surface area contributed by atoms with Gasteiger partial charge in [-0.2, -0.15) is 0 Å². The van der Waals surface area contributed by atoms with E-state index in [1.807, 2.05) is 18.2 Å². The van der Waals surface area contributed by atoms with Gasteiger partial charge >= 0.3 is 0 Å². The van der Waals surface area contributed by atoms with Crippen LogP contribution >= 0.6 is 0 Å². The minimum absolute atomic E-state index is 0.145. The number of benzene rings is 2. The van der Waals surface area contributed by atoms with Crippen molar-refractivity contribution in [2.75, 3.05) is 33.3 Å². The molecule has 0 amide bonds. The molecule has 2 aliphatic rings. The van der Waals surface area contributed by atoms with Gasteiger partial charge in [0.25, 0.3) is 0 Å². The number of rotatable bonds is 5. The standard InChI is InChI=1S/C24H29FN4O/c1-30-19-7-8-20(25)18(13-19)14-28-11-4-9-24(16-28)10-12-29(17-24)15-23-26-21-5-2-3-6-22(21)27-23/h2-3,5-8,13H,4,9-12,14-17H2,1H3,(H,26,27). The van der Waals surface area contributed by atoms with Gasteiger partial charge in [-0.05, 0) is 68.1 Å². The Labute approximate surface area is 176 Å². The molecule has 0 aliphatic carbocycles. The summed E-state index contributed by atoms with van der Waals surface area (Å²) in [5.74, 6) is 1.61. The van der Waals surface area contributed by atoms with Crippen LogP contribution in [0.5, 0.6) is 5.75 Å². The smallest absolute Gasteiger partial charge is 0.127 e. The van der Waals surface area contributed by atoms with E-state index in [0.717, 1.165) is 60.9 Å². The predicted octanol–water partition coefficient (Wildman–Crippen LogP) is 4.20. The zero-order valence-electron chi connectivity index (χ0n) is 17.5. The van der Waals surface area contributed by atoms with Crippen LogP contribution in [0.15, 0.2) is 42.5 Å². The molecule has 2 aliphatic heterocycles. The van der Waals surface area contributed by atoms with Crippen LogP contribution in [0, 0.1) is 11.2 Å². The van der Waals surface area contributed by atoms with Crippen LogP contribution in [0.4, 0.5) is 4.39 Å². The number of likely N-dealkylation sites (tertiary alicyclic amines) is 2. The molecule has 2 aromatic carbocycles. The molecule has 158 valence electrons. The highest BCUT2D eigenvalue weighted by Gasteiger charge is 2.41. The number of fused-ring (bicyclic) bond motifs is 1. The van der Waals surface area contributed by atoms with Crippen molar-refractivity contribution in [3.63, 3.8) is 0 Å². The Morgan fingerprint density at radius 3 is 2.73 bits per heavy atom. The first-order chi connectivity index (χ1) is 14.6. The molecule has 1 N–H and O–H groups in total. The maximum atomic E-state index is 14.3. The maximum Gasteiger partial charge on any atom is 0.127 e. The summed E-state index contributed by atoms with van der Waals surface area (Å²) in [7, 11) is 1.63. The van der Waals surface area contributed by atoms with Crippen molar-refractivity contribution in [2.24, 2.45) is 5.41 Å². The number of para-hydroxylation sites is 2. The van der Waals surface area contributed by atoms with E-state index in [1.54, 1.807) is 13.2 Å². The number of aromatic nitrogens is 2. The molecule has 30 heavy (non-hydrogen) atoms. The van der Waals surface area contributed by atoms with Crippen LogP contribution < -0.4 is 4.74 Å². The van der Waals surface area contributed by atoms with Gasteiger partial charge in [0.1, 0.15) is 17.4 Å². The van der Waals surface area contributed by atoms with E-state index in [1.165, 1.54) is 25.3 Å². The van der Waals surface area contributed by atoms with Crippen molar-refractivity contribution in [3.05, 3.63) is 59.7 Å². The Balaban J connectivity index is 1.24. The highest BCUT2D eigenvalue weighted by atomic mass is 19.1. The highest BCUT2D eigenvalue weighted by molar-refractivity contribution is 5.74. The largest absolute Gasteiger partial charge is 0.497 e. The fraction of sp³-hybridized carbons (Fsp3) is 0.458. The number of hydrogen-bond donors (Lipinski definition) is 1. The van der Waals surface area contributed by atoms with Crippen LogP contribution in [0.25, 0.3) is 11.0 Å². The van der Waals surface area contributed by atoms with Crippen molar-refractivity contribution in [3.8, 4) is 5.75 Å². The number of H-pyrrole nitrogens is 1. The van der Waals surface area contributed by atoms with Crippen molar-refractivity contribution >= 4 is 11.0 Å². The summed E-state index contributed by atoms with van der Waals surface area (Å²) in [6.45, 7) is 5.75. The SMILES string of the molecule is COc1ccc(F)c(CN2CCCC3(CCN(Cc4nc5ccccc5[nH]4)C3)C2)c1. The molecule has 1 unspecified atom stereocenters. The minimum atomic E-state index is -0.145. The Hall–Kier alpha value is -2.44. The molecular formula is C24H29FN4O. The zero-order chi connectivity index (χ0) is 20.6. The first kappa shape index (κ1) is 19.5. The molecule has 0 radical (unpaired) electrons. The van der Waals surface area contributed by atoms with Gasteiger partial charge in [0.05, 0.1) is 24.7 Å². The summed E-state index contributed by atoms with van der Waals surface area (Å²) in [5.41, 5.74) is 3.17. The molecule has 5 nitrogen and oxygen atoms in total. The molecule has 3 aromatic rings. The molecule has 1 atom stereocenters. The Morgan fingerprint density at radius 1 is 1.07 bits per heavy atom. The summed E-state index contributed by atoms with van der Waals surface area (Å²) < 4.78 is 19.6. The molecule has 0 bridgehead atoms. The number of nitrogens with one attached hydrogen (secondary N) is 1. The lowest BCUT2D eigenvalue weighted by Crippen LogP contribution is -2.44. The lowest BCUT2D eigenvalue weighted by atomic mass is 9.79. The Kier molecular flexibility index (Phi) is 5.21. The van der Waals surface area contributed by atoms with Gasteiger partial charge in [-0.1, -0.05) is 12.1 Å². The monoisotopic (exact) mass is 408 g/mol. The maximum absolute atomic E-state index is 14.3. The van der Waals surface area contributed by atoms with Gasteiger partial charge in [-0.25, -0.2) is 9.37 Å². The Bertz CT molecular complexity index is 1000. The van der Waals surface area contributed by atoms with Crippen LogP contribution in [0.2, 0.25) is 0 Å². The average Bonchev–Trinajstić information content (AvgIpc) is 3.33. The second-order valence-corrected chi connectivity index (χ2v) is 8.93. The quantitative estimate of drug-likeness (QED) is 0.687. The van der Waals surface area contributed by atoms with Crippen molar-refractivity contribution in [1.29, 1.82) is 0 Å². The van der Waals surface area contributed by atoms with E-state index in [0.29, 0.717) is 12.0 Å². The lowest BCUT2D eigenvalue weighted by molar-refractivity contribution is 0.0855. The molecule has 3 heterocycles. The van der Waals surface area contributed by atoms with Gasteiger partial charge in [0.15, 0.2) is 0 Å². The summed E-state index contributed by atoms with van der Waals surface area (Å²) in [6, 6.07) is 13.2. The van der Waals surface area contributed by atoms with E-state index in [-0.39, 0.29) is 5.82 Å². The lowest BCUT2D eigenvalue weighted by Gasteiger charge is -2.40. The average molecular weight is 409 g/mol. The third-order valence-corrected chi connectivity index (χ3v) is 6.72. The number of aromatic amines is 1. The Morgan fingerprint density at radius 2 is 1.90 bits per heavy atom. The van der Waals surface area contributed by atoms with E-state index < -0.39 is 0 Å². The van der Waals surface area contributed by atoms with Crippen molar-refractivity contribution in [2.45, 2.75) is 32.4 Å². The van der Waals surface area contributed by atoms with E-state index in [2.05, 4.69) is 26.9 Å². The summed E-state index contributed by atoms with van der Waals surface area (Å²) in [4.78, 5) is 13.1. The first-order valence-electron chi connectivity index (χ1n) is 10.8. The van der Waals surface area contributed by atoms with Gasteiger partial charge in [0, 0.05) is 25.2 Å².